The molecule has 2 aromatic rings. The SMILES string of the molecule is COc1cc2c(cc1OC)C1=NCCN1/C(=C/C(=O)c1cccnc1)N2. The number of rotatable bonds is 4. The highest BCUT2D eigenvalue weighted by Gasteiger charge is 2.31. The van der Waals surface area contributed by atoms with Crippen molar-refractivity contribution in [2.24, 2.45) is 4.99 Å². The lowest BCUT2D eigenvalue weighted by atomic mass is 10.1. The molecule has 1 N–H and O–H groups in total. The van der Waals surface area contributed by atoms with Gasteiger partial charge in [-0.3, -0.25) is 14.8 Å². The lowest BCUT2D eigenvalue weighted by Gasteiger charge is -2.31. The van der Waals surface area contributed by atoms with Gasteiger partial charge in [0.15, 0.2) is 17.3 Å². The summed E-state index contributed by atoms with van der Waals surface area (Å²) in [5, 5.41) is 3.32. The van der Waals surface area contributed by atoms with Crippen molar-refractivity contribution in [3.63, 3.8) is 0 Å². The number of aliphatic imine (C=N–C) groups is 1. The zero-order valence-corrected chi connectivity index (χ0v) is 14.5. The number of ketones is 1. The number of hydrogen-bond acceptors (Lipinski definition) is 7. The number of nitrogens with zero attached hydrogens (tertiary/aromatic N) is 3. The number of fused-ring (bicyclic) bond motifs is 3. The molecule has 0 bridgehead atoms. The molecule has 0 saturated carbocycles. The Bertz CT molecular complexity index is 922. The molecule has 0 atom stereocenters. The predicted octanol–water partition coefficient (Wildman–Crippen LogP) is 2.31. The maximum Gasteiger partial charge on any atom is 0.191 e. The van der Waals surface area contributed by atoms with Crippen LogP contribution in [0.2, 0.25) is 0 Å². The van der Waals surface area contributed by atoms with Crippen molar-refractivity contribution in [1.82, 2.24) is 9.88 Å². The van der Waals surface area contributed by atoms with Gasteiger partial charge in [0.05, 0.1) is 26.5 Å². The smallest absolute Gasteiger partial charge is 0.191 e. The molecule has 2 aliphatic heterocycles. The van der Waals surface area contributed by atoms with E-state index < -0.39 is 0 Å². The van der Waals surface area contributed by atoms with Crippen LogP contribution in [0.1, 0.15) is 15.9 Å². The van der Waals surface area contributed by atoms with Crippen molar-refractivity contribution >= 4 is 17.3 Å². The van der Waals surface area contributed by atoms with E-state index in [9.17, 15) is 4.79 Å². The summed E-state index contributed by atoms with van der Waals surface area (Å²) in [6.45, 7) is 1.38. The molecule has 7 heteroatoms. The molecule has 3 heterocycles. The van der Waals surface area contributed by atoms with Gasteiger partial charge in [-0.25, -0.2) is 0 Å². The van der Waals surface area contributed by atoms with Gasteiger partial charge in [0.1, 0.15) is 11.7 Å². The molecule has 0 unspecified atom stereocenters. The van der Waals surface area contributed by atoms with Crippen LogP contribution in [-0.4, -0.2) is 48.8 Å². The minimum atomic E-state index is -0.115. The van der Waals surface area contributed by atoms with E-state index in [1.807, 2.05) is 17.0 Å². The number of methoxy groups -OCH3 is 2. The molecular formula is C19H18N4O3. The van der Waals surface area contributed by atoms with Crippen LogP contribution in [0.3, 0.4) is 0 Å². The first-order valence-electron chi connectivity index (χ1n) is 8.22. The summed E-state index contributed by atoms with van der Waals surface area (Å²) in [5.74, 6) is 2.65. The standard InChI is InChI=1S/C19H18N4O3/c1-25-16-8-13-14(9-17(16)26-2)22-18(23-7-6-21-19(13)23)10-15(24)12-4-3-5-20-11-12/h3-5,8-11,22H,6-7H2,1-2H3/b18-10+. The maximum absolute atomic E-state index is 12.6. The first kappa shape index (κ1) is 16.1. The Kier molecular flexibility index (Phi) is 4.04. The van der Waals surface area contributed by atoms with E-state index in [0.29, 0.717) is 36.0 Å². The molecule has 0 radical (unpaired) electrons. The average molecular weight is 350 g/mol. The third-order valence-corrected chi connectivity index (χ3v) is 4.37. The number of benzene rings is 1. The number of carbonyl (C=O) groups excluding carboxylic acids is 1. The van der Waals surface area contributed by atoms with Crippen molar-refractivity contribution in [1.29, 1.82) is 0 Å². The Morgan fingerprint density at radius 1 is 1.27 bits per heavy atom. The number of ether oxygens (including phenoxy) is 2. The third kappa shape index (κ3) is 2.67. The minimum absolute atomic E-state index is 0.115. The van der Waals surface area contributed by atoms with Gasteiger partial charge >= 0.3 is 0 Å². The molecule has 1 aromatic heterocycles. The highest BCUT2D eigenvalue weighted by molar-refractivity contribution is 6.10. The van der Waals surface area contributed by atoms with Gasteiger partial charge in [-0.15, -0.1) is 0 Å². The molecule has 26 heavy (non-hydrogen) atoms. The van der Waals surface area contributed by atoms with Gasteiger partial charge in [0.2, 0.25) is 0 Å². The number of nitrogens with one attached hydrogen (secondary N) is 1. The van der Waals surface area contributed by atoms with E-state index in [1.165, 1.54) is 0 Å². The van der Waals surface area contributed by atoms with Crippen LogP contribution >= 0.6 is 0 Å². The summed E-state index contributed by atoms with van der Waals surface area (Å²) in [6, 6.07) is 7.25. The highest BCUT2D eigenvalue weighted by atomic mass is 16.5. The topological polar surface area (TPSA) is 76.1 Å². The maximum atomic E-state index is 12.6. The second-order valence-electron chi connectivity index (χ2n) is 5.87. The minimum Gasteiger partial charge on any atom is -0.493 e. The van der Waals surface area contributed by atoms with Gasteiger partial charge in [-0.2, -0.15) is 0 Å². The third-order valence-electron chi connectivity index (χ3n) is 4.37. The van der Waals surface area contributed by atoms with Crippen LogP contribution in [0.4, 0.5) is 5.69 Å². The quantitative estimate of drug-likeness (QED) is 0.674. The fourth-order valence-electron chi connectivity index (χ4n) is 3.12. The van der Waals surface area contributed by atoms with Crippen molar-refractivity contribution in [2.75, 3.05) is 32.6 Å². The lowest BCUT2D eigenvalue weighted by Crippen LogP contribution is -2.36. The summed E-state index contributed by atoms with van der Waals surface area (Å²) in [4.78, 5) is 23.2. The van der Waals surface area contributed by atoms with Crippen LogP contribution in [0.15, 0.2) is 53.5 Å². The average Bonchev–Trinajstić information content (AvgIpc) is 3.18. The Labute approximate surface area is 151 Å². The predicted molar refractivity (Wildman–Crippen MR) is 97.9 cm³/mol. The van der Waals surface area contributed by atoms with E-state index in [0.717, 1.165) is 17.1 Å². The molecule has 7 nitrogen and oxygen atoms in total. The number of allylic oxidation sites excluding steroid dienone is 1. The Hall–Kier alpha value is -3.35. The number of carbonyl (C=O) groups is 1. The molecule has 132 valence electrons. The first-order valence-corrected chi connectivity index (χ1v) is 8.22. The fourth-order valence-corrected chi connectivity index (χ4v) is 3.12. The molecule has 0 fully saturated rings. The summed E-state index contributed by atoms with van der Waals surface area (Å²) < 4.78 is 10.8. The fraction of sp³-hybridized carbons (Fsp3) is 0.211. The number of hydrogen-bond donors (Lipinski definition) is 1. The van der Waals surface area contributed by atoms with Crippen LogP contribution < -0.4 is 14.8 Å². The van der Waals surface area contributed by atoms with Crippen molar-refractivity contribution in [2.45, 2.75) is 0 Å². The molecule has 4 rings (SSSR count). The Morgan fingerprint density at radius 2 is 2.08 bits per heavy atom. The number of aromatic nitrogens is 1. The Morgan fingerprint density at radius 3 is 2.81 bits per heavy atom. The first-order chi connectivity index (χ1) is 12.7. The molecule has 0 aliphatic carbocycles. The summed E-state index contributed by atoms with van der Waals surface area (Å²) in [5.41, 5.74) is 2.29. The van der Waals surface area contributed by atoms with Gasteiger partial charge in [-0.1, -0.05) is 0 Å². The monoisotopic (exact) mass is 350 g/mol. The largest absolute Gasteiger partial charge is 0.493 e. The number of anilines is 1. The Balaban J connectivity index is 1.76. The van der Waals surface area contributed by atoms with Gasteiger partial charge in [-0.05, 0) is 18.2 Å². The zero-order chi connectivity index (χ0) is 18.1. The van der Waals surface area contributed by atoms with Crippen LogP contribution in [0.25, 0.3) is 0 Å². The van der Waals surface area contributed by atoms with Crippen molar-refractivity contribution < 1.29 is 14.3 Å². The van der Waals surface area contributed by atoms with Crippen molar-refractivity contribution in [3.05, 3.63) is 59.7 Å². The molecule has 2 aliphatic rings. The second-order valence-corrected chi connectivity index (χ2v) is 5.87. The van der Waals surface area contributed by atoms with Crippen LogP contribution in [-0.2, 0) is 0 Å². The normalized spacial score (nSPS) is 16.5. The van der Waals surface area contributed by atoms with E-state index >= 15 is 0 Å². The van der Waals surface area contributed by atoms with Gasteiger partial charge < -0.3 is 19.7 Å². The second kappa shape index (κ2) is 6.51. The van der Waals surface area contributed by atoms with E-state index in [1.54, 1.807) is 44.8 Å². The van der Waals surface area contributed by atoms with Gasteiger partial charge in [0, 0.05) is 42.2 Å². The van der Waals surface area contributed by atoms with Gasteiger partial charge in [0.25, 0.3) is 0 Å². The van der Waals surface area contributed by atoms with Crippen LogP contribution in [0.5, 0.6) is 11.5 Å². The molecular weight excluding hydrogens is 332 g/mol. The van der Waals surface area contributed by atoms with Crippen molar-refractivity contribution in [3.8, 4) is 11.5 Å². The highest BCUT2D eigenvalue weighted by Crippen LogP contribution is 2.38. The van der Waals surface area contributed by atoms with Crippen LogP contribution in [0, 0.1) is 0 Å². The molecule has 0 spiro atoms. The van der Waals surface area contributed by atoms with E-state index in [4.69, 9.17) is 9.47 Å². The molecule has 1 aromatic carbocycles. The lowest BCUT2D eigenvalue weighted by molar-refractivity contribution is 0.104. The molecule has 0 amide bonds. The summed E-state index contributed by atoms with van der Waals surface area (Å²) in [7, 11) is 3.20. The van der Waals surface area contributed by atoms with E-state index in [2.05, 4.69) is 15.3 Å². The summed E-state index contributed by atoms with van der Waals surface area (Å²) >= 11 is 0. The molecule has 0 saturated heterocycles. The number of pyridine rings is 1. The summed E-state index contributed by atoms with van der Waals surface area (Å²) in [6.07, 6.45) is 4.78. The zero-order valence-electron chi connectivity index (χ0n) is 14.5. The van der Waals surface area contributed by atoms with E-state index in [-0.39, 0.29) is 5.78 Å². The number of amidine groups is 1.